The zero-order valence-electron chi connectivity index (χ0n) is 18.0. The molecule has 1 fully saturated rings. The normalized spacial score (nSPS) is 14.7. The molecule has 4 aromatic rings. The Hall–Kier alpha value is -4.01. The van der Waals surface area contributed by atoms with Gasteiger partial charge in [0.1, 0.15) is 18.8 Å². The molecule has 1 amide bonds. The van der Waals surface area contributed by atoms with Gasteiger partial charge in [0.25, 0.3) is 5.91 Å². The van der Waals surface area contributed by atoms with Crippen LogP contribution in [0.3, 0.4) is 0 Å². The lowest BCUT2D eigenvalue weighted by Gasteiger charge is -2.15. The Bertz CT molecular complexity index is 1390. The van der Waals surface area contributed by atoms with E-state index in [1.165, 1.54) is 6.07 Å². The smallest absolute Gasteiger partial charge is 0.258 e. The number of aryl methyl sites for hydroxylation is 1. The number of anilines is 1. The third kappa shape index (κ3) is 3.45. The molecule has 8 nitrogen and oxygen atoms in total. The van der Waals surface area contributed by atoms with Crippen LogP contribution in [-0.2, 0) is 6.54 Å². The van der Waals surface area contributed by atoms with E-state index in [2.05, 4.69) is 20.5 Å². The molecule has 0 saturated heterocycles. The number of hydrogen-bond acceptors (Lipinski definition) is 5. The predicted molar refractivity (Wildman–Crippen MR) is 119 cm³/mol. The van der Waals surface area contributed by atoms with Gasteiger partial charge in [-0.3, -0.25) is 4.79 Å². The first-order valence-corrected chi connectivity index (χ1v) is 10.9. The maximum absolute atomic E-state index is 14.9. The van der Waals surface area contributed by atoms with Crippen molar-refractivity contribution in [3.05, 3.63) is 71.8 Å². The van der Waals surface area contributed by atoms with Gasteiger partial charge in [0.05, 0.1) is 41.1 Å². The Balaban J connectivity index is 1.34. The largest absolute Gasteiger partial charge is 0.489 e. The van der Waals surface area contributed by atoms with Crippen LogP contribution in [0.25, 0.3) is 17.1 Å². The molecule has 1 aliphatic heterocycles. The lowest BCUT2D eigenvalue weighted by molar-refractivity contribution is 0.102. The van der Waals surface area contributed by atoms with Gasteiger partial charge in [-0.25, -0.2) is 9.37 Å². The Kier molecular flexibility index (Phi) is 4.49. The zero-order valence-corrected chi connectivity index (χ0v) is 18.0. The fourth-order valence-electron chi connectivity index (χ4n) is 4.20. The van der Waals surface area contributed by atoms with Gasteiger partial charge in [-0.2, -0.15) is 0 Å². The molecule has 1 aliphatic carbocycles. The van der Waals surface area contributed by atoms with E-state index >= 15 is 0 Å². The molecule has 9 heteroatoms. The molecule has 0 spiro atoms. The highest BCUT2D eigenvalue weighted by Crippen LogP contribution is 2.39. The van der Waals surface area contributed by atoms with Crippen molar-refractivity contribution >= 4 is 11.6 Å². The molecule has 1 saturated carbocycles. The van der Waals surface area contributed by atoms with Gasteiger partial charge < -0.3 is 19.2 Å². The maximum Gasteiger partial charge on any atom is 0.258 e. The van der Waals surface area contributed by atoms with E-state index < -0.39 is 11.7 Å². The summed E-state index contributed by atoms with van der Waals surface area (Å²) in [7, 11) is 0. The van der Waals surface area contributed by atoms with Crippen LogP contribution in [0.4, 0.5) is 10.1 Å². The summed E-state index contributed by atoms with van der Waals surface area (Å²) in [6.07, 6.45) is 7.62. The number of ether oxygens (including phenoxy) is 1. The highest BCUT2D eigenvalue weighted by molar-refractivity contribution is 6.06. The minimum absolute atomic E-state index is 0.0494. The second kappa shape index (κ2) is 7.54. The minimum atomic E-state index is -0.584. The van der Waals surface area contributed by atoms with Crippen molar-refractivity contribution < 1.29 is 13.9 Å². The second-order valence-corrected chi connectivity index (χ2v) is 8.43. The van der Waals surface area contributed by atoms with Gasteiger partial charge in [0, 0.05) is 12.1 Å². The van der Waals surface area contributed by atoms with Crippen LogP contribution < -0.4 is 10.1 Å². The van der Waals surface area contributed by atoms with Crippen molar-refractivity contribution in [2.75, 3.05) is 11.9 Å². The molecule has 0 bridgehead atoms. The standard InChI is InChI=1S/C24H21FN6O2/c1-14-9-18(25)17(10-21(14)31-11-20(26-12-31)15-5-6-15)24(32)28-19-4-2-3-16-22(19)33-8-7-30-13-27-29-23(16)30/h2-4,9-13,15H,5-8H2,1H3,(H,28,32). The van der Waals surface area contributed by atoms with Crippen LogP contribution in [0.5, 0.6) is 5.75 Å². The van der Waals surface area contributed by atoms with Crippen molar-refractivity contribution in [3.63, 3.8) is 0 Å². The van der Waals surface area contributed by atoms with Crippen molar-refractivity contribution in [3.8, 4) is 22.8 Å². The van der Waals surface area contributed by atoms with E-state index in [-0.39, 0.29) is 5.56 Å². The topological polar surface area (TPSA) is 86.9 Å². The zero-order chi connectivity index (χ0) is 22.5. The predicted octanol–water partition coefficient (Wildman–Crippen LogP) is 4.10. The number of para-hydroxylation sites is 1. The molecule has 2 aliphatic rings. The first kappa shape index (κ1) is 19.7. The van der Waals surface area contributed by atoms with E-state index in [1.54, 1.807) is 30.9 Å². The summed E-state index contributed by atoms with van der Waals surface area (Å²) in [6.45, 7) is 2.81. The number of halogens is 1. The Morgan fingerprint density at radius 1 is 1.24 bits per heavy atom. The molecule has 2 aromatic carbocycles. The molecule has 0 unspecified atom stereocenters. The van der Waals surface area contributed by atoms with Crippen molar-refractivity contribution in [2.45, 2.75) is 32.2 Å². The van der Waals surface area contributed by atoms with Crippen molar-refractivity contribution in [1.29, 1.82) is 0 Å². The summed E-state index contributed by atoms with van der Waals surface area (Å²) in [5.41, 5.74) is 3.60. The van der Waals surface area contributed by atoms with Gasteiger partial charge in [0.15, 0.2) is 11.6 Å². The number of amides is 1. The summed E-state index contributed by atoms with van der Waals surface area (Å²) in [6, 6.07) is 8.33. The number of nitrogens with zero attached hydrogens (tertiary/aromatic N) is 5. The fraction of sp³-hybridized carbons (Fsp3) is 0.250. The van der Waals surface area contributed by atoms with Crippen LogP contribution in [-0.4, -0.2) is 36.8 Å². The fourth-order valence-corrected chi connectivity index (χ4v) is 4.20. The highest BCUT2D eigenvalue weighted by atomic mass is 19.1. The van der Waals surface area contributed by atoms with E-state index in [0.717, 1.165) is 35.3 Å². The van der Waals surface area contributed by atoms with Crippen molar-refractivity contribution in [2.24, 2.45) is 0 Å². The molecular weight excluding hydrogens is 423 g/mol. The van der Waals surface area contributed by atoms with Gasteiger partial charge in [-0.1, -0.05) is 6.07 Å². The van der Waals surface area contributed by atoms with E-state index in [9.17, 15) is 9.18 Å². The lowest BCUT2D eigenvalue weighted by atomic mass is 10.1. The highest BCUT2D eigenvalue weighted by Gasteiger charge is 2.26. The Morgan fingerprint density at radius 3 is 2.97 bits per heavy atom. The Morgan fingerprint density at radius 2 is 2.12 bits per heavy atom. The van der Waals surface area contributed by atoms with Crippen LogP contribution in [0.15, 0.2) is 49.2 Å². The van der Waals surface area contributed by atoms with E-state index in [0.29, 0.717) is 36.3 Å². The first-order chi connectivity index (χ1) is 16.1. The van der Waals surface area contributed by atoms with Crippen LogP contribution in [0, 0.1) is 12.7 Å². The van der Waals surface area contributed by atoms with Crippen LogP contribution in [0.2, 0.25) is 0 Å². The molecule has 33 heavy (non-hydrogen) atoms. The summed E-state index contributed by atoms with van der Waals surface area (Å²) < 4.78 is 24.5. The summed E-state index contributed by atoms with van der Waals surface area (Å²) in [5, 5.41) is 11.0. The molecular formula is C24H21FN6O2. The number of fused-ring (bicyclic) bond motifs is 3. The molecule has 1 N–H and O–H groups in total. The molecule has 2 aromatic heterocycles. The third-order valence-electron chi connectivity index (χ3n) is 6.10. The maximum atomic E-state index is 14.9. The lowest BCUT2D eigenvalue weighted by Crippen LogP contribution is -2.16. The van der Waals surface area contributed by atoms with Crippen LogP contribution >= 0.6 is 0 Å². The summed E-state index contributed by atoms with van der Waals surface area (Å²) >= 11 is 0. The van der Waals surface area contributed by atoms with E-state index in [4.69, 9.17) is 4.74 Å². The van der Waals surface area contributed by atoms with Crippen LogP contribution in [0.1, 0.15) is 40.4 Å². The molecule has 0 radical (unpaired) electrons. The SMILES string of the molecule is Cc1cc(F)c(C(=O)Nc2cccc3c2OCCn2cnnc2-3)cc1-n1cnc(C2CC2)c1. The van der Waals surface area contributed by atoms with E-state index in [1.807, 2.05) is 28.3 Å². The quantitative estimate of drug-likeness (QED) is 0.512. The number of aromatic nitrogens is 5. The average Bonchev–Trinajstić information content (AvgIpc) is 3.41. The molecule has 3 heterocycles. The number of nitrogens with one attached hydrogen (secondary N) is 1. The minimum Gasteiger partial charge on any atom is -0.489 e. The van der Waals surface area contributed by atoms with Gasteiger partial charge in [0.2, 0.25) is 0 Å². The number of rotatable bonds is 4. The summed E-state index contributed by atoms with van der Waals surface area (Å²) in [4.78, 5) is 17.6. The molecule has 166 valence electrons. The van der Waals surface area contributed by atoms with Gasteiger partial charge in [-0.15, -0.1) is 10.2 Å². The summed E-state index contributed by atoms with van der Waals surface area (Å²) in [5.74, 6) is 0.523. The number of carbonyl (C=O) groups is 1. The molecule has 0 atom stereocenters. The average molecular weight is 444 g/mol. The van der Waals surface area contributed by atoms with Gasteiger partial charge in [-0.05, 0) is 49.6 Å². The number of hydrogen-bond donors (Lipinski definition) is 1. The number of imidazole rings is 1. The monoisotopic (exact) mass is 444 g/mol. The number of benzene rings is 2. The third-order valence-corrected chi connectivity index (χ3v) is 6.10. The molecule has 6 rings (SSSR count). The Labute approximate surface area is 189 Å². The second-order valence-electron chi connectivity index (χ2n) is 8.43. The number of carbonyl (C=O) groups excluding carboxylic acids is 1. The first-order valence-electron chi connectivity index (χ1n) is 10.9. The van der Waals surface area contributed by atoms with Gasteiger partial charge >= 0.3 is 0 Å². The van der Waals surface area contributed by atoms with Crippen molar-refractivity contribution in [1.82, 2.24) is 24.3 Å².